The molecule has 3 aromatic rings. The summed E-state index contributed by atoms with van der Waals surface area (Å²) in [5, 5.41) is 10.6. The van der Waals surface area contributed by atoms with Gasteiger partial charge in [0.15, 0.2) is 4.96 Å². The number of rotatable bonds is 6. The Kier molecular flexibility index (Phi) is 4.95. The summed E-state index contributed by atoms with van der Waals surface area (Å²) in [6.07, 6.45) is 1.73. The van der Waals surface area contributed by atoms with Crippen LogP contribution in [0.4, 0.5) is 0 Å². The van der Waals surface area contributed by atoms with E-state index in [1.807, 2.05) is 5.38 Å². The van der Waals surface area contributed by atoms with Gasteiger partial charge in [-0.3, -0.25) is 9.20 Å². The van der Waals surface area contributed by atoms with Crippen LogP contribution < -0.4 is 10.3 Å². The monoisotopic (exact) mass is 343 g/mol. The molecule has 7 heteroatoms. The number of aromatic nitrogens is 2. The Morgan fingerprint density at radius 3 is 2.96 bits per heavy atom. The van der Waals surface area contributed by atoms with Gasteiger partial charge in [0.1, 0.15) is 5.75 Å². The van der Waals surface area contributed by atoms with Gasteiger partial charge in [-0.2, -0.15) is 17.0 Å². The first kappa shape index (κ1) is 15.6. The molecule has 0 aliphatic heterocycles. The molecule has 0 unspecified atom stereocenters. The van der Waals surface area contributed by atoms with Gasteiger partial charge in [0.05, 0.1) is 23.9 Å². The molecule has 116 valence electrons. The van der Waals surface area contributed by atoms with Crippen LogP contribution in [0.3, 0.4) is 0 Å². The van der Waals surface area contributed by atoms with E-state index in [0.29, 0.717) is 17.9 Å². The first-order chi connectivity index (χ1) is 11.3. The zero-order valence-electron chi connectivity index (χ0n) is 12.1. The number of thioether (sulfide) groups is 1. The minimum Gasteiger partial charge on any atom is -0.493 e. The molecule has 2 aromatic heterocycles. The highest BCUT2D eigenvalue weighted by Crippen LogP contribution is 2.14. The van der Waals surface area contributed by atoms with Crippen molar-refractivity contribution in [3.63, 3.8) is 0 Å². The average molecular weight is 343 g/mol. The molecule has 0 aliphatic carbocycles. The number of hydrogen-bond donors (Lipinski definition) is 0. The van der Waals surface area contributed by atoms with Crippen LogP contribution in [-0.2, 0) is 5.75 Å². The van der Waals surface area contributed by atoms with Gasteiger partial charge in [-0.1, -0.05) is 0 Å². The Bertz CT molecular complexity index is 894. The average Bonchev–Trinajstić information content (AvgIpc) is 3.04. The molecule has 1 aromatic carbocycles. The molecule has 0 atom stereocenters. The van der Waals surface area contributed by atoms with Crippen LogP contribution in [0.25, 0.3) is 4.96 Å². The number of nitrogens with zero attached hydrogens (tertiary/aromatic N) is 3. The van der Waals surface area contributed by atoms with E-state index in [-0.39, 0.29) is 5.56 Å². The number of nitriles is 1. The Hall–Kier alpha value is -2.30. The molecule has 0 spiro atoms. The predicted molar refractivity (Wildman–Crippen MR) is 92.2 cm³/mol. The normalized spacial score (nSPS) is 10.6. The highest BCUT2D eigenvalue weighted by molar-refractivity contribution is 7.98. The van der Waals surface area contributed by atoms with Gasteiger partial charge < -0.3 is 4.74 Å². The second kappa shape index (κ2) is 7.31. The Labute approximate surface area is 141 Å². The largest absolute Gasteiger partial charge is 0.493 e. The number of fused-ring (bicyclic) bond motifs is 1. The molecule has 0 fully saturated rings. The van der Waals surface area contributed by atoms with Crippen molar-refractivity contribution in [1.82, 2.24) is 9.38 Å². The van der Waals surface area contributed by atoms with Crippen molar-refractivity contribution in [2.24, 2.45) is 0 Å². The fraction of sp³-hybridized carbons (Fsp3) is 0.188. The van der Waals surface area contributed by atoms with Gasteiger partial charge in [-0.15, -0.1) is 11.3 Å². The number of benzene rings is 1. The molecule has 0 N–H and O–H groups in total. The standard InChI is InChI=1S/C16H13N3O2S2/c17-10-12-1-3-14(4-2-12)21-6-8-22-11-13-9-15(20)19-5-7-23-16(19)18-13/h1-5,7,9H,6,8,11H2. The summed E-state index contributed by atoms with van der Waals surface area (Å²) in [5.41, 5.74) is 1.37. The van der Waals surface area contributed by atoms with Gasteiger partial charge in [0, 0.05) is 29.1 Å². The van der Waals surface area contributed by atoms with Crippen LogP contribution in [0.5, 0.6) is 5.75 Å². The topological polar surface area (TPSA) is 67.4 Å². The molecule has 23 heavy (non-hydrogen) atoms. The van der Waals surface area contributed by atoms with E-state index in [9.17, 15) is 4.79 Å². The summed E-state index contributed by atoms with van der Waals surface area (Å²) in [7, 11) is 0. The van der Waals surface area contributed by atoms with Crippen molar-refractivity contribution in [1.29, 1.82) is 5.26 Å². The molecular weight excluding hydrogens is 330 g/mol. The zero-order valence-corrected chi connectivity index (χ0v) is 13.8. The van der Waals surface area contributed by atoms with Crippen LogP contribution >= 0.6 is 23.1 Å². The first-order valence-electron chi connectivity index (χ1n) is 6.93. The predicted octanol–water partition coefficient (Wildman–Crippen LogP) is 2.94. The number of ether oxygens (including phenoxy) is 1. The summed E-state index contributed by atoms with van der Waals surface area (Å²) < 4.78 is 7.16. The maximum atomic E-state index is 11.9. The number of hydrogen-bond acceptors (Lipinski definition) is 6. The lowest BCUT2D eigenvalue weighted by Crippen LogP contribution is -2.12. The fourth-order valence-corrected chi connectivity index (χ4v) is 3.42. The van der Waals surface area contributed by atoms with E-state index >= 15 is 0 Å². The highest BCUT2D eigenvalue weighted by atomic mass is 32.2. The molecule has 0 saturated carbocycles. The SMILES string of the molecule is N#Cc1ccc(OCCSCc2cc(=O)n3ccsc3n2)cc1. The van der Waals surface area contributed by atoms with Crippen LogP contribution in [0, 0.1) is 11.3 Å². The highest BCUT2D eigenvalue weighted by Gasteiger charge is 2.03. The summed E-state index contributed by atoms with van der Waals surface area (Å²) in [4.78, 5) is 17.0. The Balaban J connectivity index is 1.47. The lowest BCUT2D eigenvalue weighted by molar-refractivity contribution is 0.344. The summed E-state index contributed by atoms with van der Waals surface area (Å²) in [5.74, 6) is 2.23. The molecule has 5 nitrogen and oxygen atoms in total. The van der Waals surface area contributed by atoms with Crippen LogP contribution in [0.2, 0.25) is 0 Å². The van der Waals surface area contributed by atoms with Crippen molar-refractivity contribution in [3.05, 3.63) is 63.5 Å². The van der Waals surface area contributed by atoms with Gasteiger partial charge in [-0.05, 0) is 24.3 Å². The van der Waals surface area contributed by atoms with Gasteiger partial charge in [0.2, 0.25) is 0 Å². The molecule has 0 radical (unpaired) electrons. The molecule has 0 saturated heterocycles. The van der Waals surface area contributed by atoms with Crippen molar-refractivity contribution in [2.45, 2.75) is 5.75 Å². The minimum absolute atomic E-state index is 0.0410. The maximum absolute atomic E-state index is 11.9. The zero-order chi connectivity index (χ0) is 16.1. The lowest BCUT2D eigenvalue weighted by atomic mass is 10.2. The van der Waals surface area contributed by atoms with E-state index in [1.165, 1.54) is 11.3 Å². The summed E-state index contributed by atoms with van der Waals surface area (Å²) in [6.45, 7) is 0.566. The Morgan fingerprint density at radius 1 is 1.35 bits per heavy atom. The summed E-state index contributed by atoms with van der Waals surface area (Å²) in [6, 6.07) is 10.7. The molecule has 0 amide bonds. The van der Waals surface area contributed by atoms with E-state index < -0.39 is 0 Å². The van der Waals surface area contributed by atoms with Crippen molar-refractivity contribution >= 4 is 28.1 Å². The van der Waals surface area contributed by atoms with E-state index in [0.717, 1.165) is 22.2 Å². The lowest BCUT2D eigenvalue weighted by Gasteiger charge is -2.06. The minimum atomic E-state index is -0.0410. The van der Waals surface area contributed by atoms with Crippen molar-refractivity contribution in [2.75, 3.05) is 12.4 Å². The molecule has 3 rings (SSSR count). The third kappa shape index (κ3) is 3.92. The van der Waals surface area contributed by atoms with Crippen molar-refractivity contribution in [3.8, 4) is 11.8 Å². The van der Waals surface area contributed by atoms with E-state index in [1.54, 1.807) is 52.7 Å². The maximum Gasteiger partial charge on any atom is 0.258 e. The smallest absolute Gasteiger partial charge is 0.258 e. The molecule has 0 bridgehead atoms. The summed E-state index contributed by atoms with van der Waals surface area (Å²) >= 11 is 3.12. The van der Waals surface area contributed by atoms with Crippen LogP contribution in [-0.4, -0.2) is 21.7 Å². The second-order valence-corrected chi connectivity index (χ2v) is 6.66. The quantitative estimate of drug-likeness (QED) is 0.644. The van der Waals surface area contributed by atoms with Gasteiger partial charge in [0.25, 0.3) is 5.56 Å². The van der Waals surface area contributed by atoms with E-state index in [2.05, 4.69) is 11.1 Å². The van der Waals surface area contributed by atoms with Crippen LogP contribution in [0.15, 0.2) is 46.7 Å². The third-order valence-corrected chi connectivity index (χ3v) is 4.80. The second-order valence-electron chi connectivity index (χ2n) is 4.68. The molecule has 2 heterocycles. The number of thiazole rings is 1. The van der Waals surface area contributed by atoms with Crippen LogP contribution in [0.1, 0.15) is 11.3 Å². The Morgan fingerprint density at radius 2 is 2.17 bits per heavy atom. The van der Waals surface area contributed by atoms with E-state index in [4.69, 9.17) is 10.00 Å². The third-order valence-electron chi connectivity index (χ3n) is 3.09. The first-order valence-corrected chi connectivity index (χ1v) is 8.96. The molecular formula is C16H13N3O2S2. The van der Waals surface area contributed by atoms with Crippen molar-refractivity contribution < 1.29 is 4.74 Å². The fourth-order valence-electron chi connectivity index (χ4n) is 1.98. The van der Waals surface area contributed by atoms with Gasteiger partial charge >= 0.3 is 0 Å². The molecule has 0 aliphatic rings. The van der Waals surface area contributed by atoms with Gasteiger partial charge in [-0.25, -0.2) is 4.98 Å².